The van der Waals surface area contributed by atoms with Gasteiger partial charge in [0.15, 0.2) is 0 Å². The number of anilines is 3. The average molecular weight is 932 g/mol. The normalized spacial score (nSPS) is 11.6. The third-order valence-electron chi connectivity index (χ3n) is 14.7. The van der Waals surface area contributed by atoms with Crippen LogP contribution in [-0.4, -0.2) is 0 Å². The molecule has 2 heteroatoms. The molecule has 0 bridgehead atoms. The monoisotopic (exact) mass is 931 g/mol. The molecule has 13 aromatic carbocycles. The second kappa shape index (κ2) is 17.4. The van der Waals surface area contributed by atoms with Gasteiger partial charge in [0.1, 0.15) is 0 Å². The Bertz CT molecular complexity index is 4340. The van der Waals surface area contributed by atoms with Crippen LogP contribution < -0.4 is 4.90 Å². The first-order valence-corrected chi connectivity index (χ1v) is 25.5. The van der Waals surface area contributed by atoms with Crippen molar-refractivity contribution in [2.75, 3.05) is 4.90 Å². The highest BCUT2D eigenvalue weighted by molar-refractivity contribution is 7.26. The zero-order chi connectivity index (χ0) is 47.5. The molecule has 1 heterocycles. The summed E-state index contributed by atoms with van der Waals surface area (Å²) < 4.78 is 2.64. The molecule has 0 fully saturated rings. The highest BCUT2D eigenvalue weighted by Gasteiger charge is 2.20. The third-order valence-corrected chi connectivity index (χ3v) is 15.9. The summed E-state index contributed by atoms with van der Waals surface area (Å²) >= 11 is 1.88. The average Bonchev–Trinajstić information content (AvgIpc) is 3.85. The van der Waals surface area contributed by atoms with Gasteiger partial charge in [-0.05, 0) is 153 Å². The lowest BCUT2D eigenvalue weighted by molar-refractivity contribution is 1.28. The number of rotatable bonds is 8. The summed E-state index contributed by atoms with van der Waals surface area (Å²) in [5.41, 5.74) is 15.5. The number of thiophene rings is 1. The lowest BCUT2D eigenvalue weighted by atomic mass is 9.84. The molecule has 0 aliphatic heterocycles. The lowest BCUT2D eigenvalue weighted by Gasteiger charge is -2.26. The van der Waals surface area contributed by atoms with Crippen molar-refractivity contribution >= 4 is 91.7 Å². The van der Waals surface area contributed by atoms with Gasteiger partial charge in [0.05, 0.1) is 0 Å². The molecule has 336 valence electrons. The van der Waals surface area contributed by atoms with Crippen LogP contribution in [0.4, 0.5) is 17.1 Å². The quantitative estimate of drug-likeness (QED) is 0.137. The summed E-state index contributed by atoms with van der Waals surface area (Å²) in [5, 5.41) is 12.7. The standard InChI is InChI=1S/C70H45NS/c1-3-16-49(17-4-1)68-63-26-12-11-23-59(63)61-43-36-51(44-66(61)69(68)50-18-5-2-6-19-50)46-30-37-53(38-31-46)71(54-39-32-47(33-40-54)57-27-15-28-64-62-25-13-14-29-67(62)72-70(57)64)55-41-34-48(35-42-55)65-45-52-20-7-8-21-56(52)58-22-9-10-24-60(58)65/h1-45H. The van der Waals surface area contributed by atoms with E-state index in [-0.39, 0.29) is 0 Å². The number of hydrogen-bond donors (Lipinski definition) is 0. The number of nitrogens with zero attached hydrogens (tertiary/aromatic N) is 1. The largest absolute Gasteiger partial charge is 0.311 e. The zero-order valence-corrected chi connectivity index (χ0v) is 40.2. The molecule has 14 rings (SSSR count). The van der Waals surface area contributed by atoms with Crippen molar-refractivity contribution in [3.63, 3.8) is 0 Å². The van der Waals surface area contributed by atoms with Crippen LogP contribution in [0.15, 0.2) is 273 Å². The second-order valence-electron chi connectivity index (χ2n) is 18.7. The Morgan fingerprint density at radius 1 is 0.236 bits per heavy atom. The van der Waals surface area contributed by atoms with Crippen molar-refractivity contribution in [2.45, 2.75) is 0 Å². The lowest BCUT2D eigenvalue weighted by Crippen LogP contribution is -2.09. The maximum absolute atomic E-state index is 2.41. The molecule has 1 nitrogen and oxygen atoms in total. The summed E-state index contributed by atoms with van der Waals surface area (Å²) in [6, 6.07) is 100. The van der Waals surface area contributed by atoms with Crippen LogP contribution in [-0.2, 0) is 0 Å². The summed E-state index contributed by atoms with van der Waals surface area (Å²) in [4.78, 5) is 2.39. The van der Waals surface area contributed by atoms with Crippen molar-refractivity contribution < 1.29 is 0 Å². The van der Waals surface area contributed by atoms with E-state index in [1.54, 1.807) is 0 Å². The van der Waals surface area contributed by atoms with Crippen LogP contribution in [0, 0.1) is 0 Å². The maximum atomic E-state index is 2.41. The van der Waals surface area contributed by atoms with E-state index in [1.807, 2.05) is 11.3 Å². The number of hydrogen-bond acceptors (Lipinski definition) is 2. The molecular weight excluding hydrogens is 887 g/mol. The van der Waals surface area contributed by atoms with Gasteiger partial charge in [-0.15, -0.1) is 11.3 Å². The molecule has 72 heavy (non-hydrogen) atoms. The molecule has 0 saturated heterocycles. The molecule has 0 atom stereocenters. The fraction of sp³-hybridized carbons (Fsp3) is 0. The van der Waals surface area contributed by atoms with Crippen molar-refractivity contribution in [1.29, 1.82) is 0 Å². The van der Waals surface area contributed by atoms with E-state index in [0.717, 1.165) is 17.1 Å². The third kappa shape index (κ3) is 7.07. The maximum Gasteiger partial charge on any atom is 0.0462 e. The summed E-state index contributed by atoms with van der Waals surface area (Å²) in [5.74, 6) is 0. The fourth-order valence-corrected chi connectivity index (χ4v) is 12.5. The van der Waals surface area contributed by atoms with E-state index in [4.69, 9.17) is 0 Å². The predicted molar refractivity (Wildman–Crippen MR) is 311 cm³/mol. The SMILES string of the molecule is c1ccc(-c2c(-c3ccccc3)c3cc(-c4ccc(N(c5ccc(-c6cc7ccccc7c7ccccc67)cc5)c5ccc(-c6cccc7c6sc6ccccc67)cc5)cc4)ccc3c3ccccc23)cc1. The Balaban J connectivity index is 0.893. The summed E-state index contributed by atoms with van der Waals surface area (Å²) in [7, 11) is 0. The van der Waals surface area contributed by atoms with Crippen LogP contribution in [0.3, 0.4) is 0 Å². The van der Waals surface area contributed by atoms with Gasteiger partial charge in [-0.3, -0.25) is 0 Å². The van der Waals surface area contributed by atoms with Gasteiger partial charge in [0, 0.05) is 37.2 Å². The van der Waals surface area contributed by atoms with Gasteiger partial charge in [-0.2, -0.15) is 0 Å². The van der Waals surface area contributed by atoms with Gasteiger partial charge in [-0.25, -0.2) is 0 Å². The van der Waals surface area contributed by atoms with E-state index in [9.17, 15) is 0 Å². The highest BCUT2D eigenvalue weighted by atomic mass is 32.1. The van der Waals surface area contributed by atoms with Crippen molar-refractivity contribution in [3.8, 4) is 55.6 Å². The fourth-order valence-electron chi connectivity index (χ4n) is 11.3. The van der Waals surface area contributed by atoms with Crippen molar-refractivity contribution in [2.24, 2.45) is 0 Å². The van der Waals surface area contributed by atoms with Gasteiger partial charge in [0.25, 0.3) is 0 Å². The molecule has 0 aliphatic carbocycles. The first-order chi connectivity index (χ1) is 35.7. The van der Waals surface area contributed by atoms with Crippen LogP contribution in [0.2, 0.25) is 0 Å². The van der Waals surface area contributed by atoms with E-state index in [2.05, 4.69) is 278 Å². The van der Waals surface area contributed by atoms with Crippen molar-refractivity contribution in [3.05, 3.63) is 273 Å². The minimum absolute atomic E-state index is 1.09. The molecule has 0 spiro atoms. The Hall–Kier alpha value is -9.08. The van der Waals surface area contributed by atoms with Crippen LogP contribution in [0.5, 0.6) is 0 Å². The van der Waals surface area contributed by atoms with E-state index in [1.165, 1.54) is 119 Å². The molecular formula is C70H45NS. The molecule has 0 unspecified atom stereocenters. The topological polar surface area (TPSA) is 3.24 Å². The second-order valence-corrected chi connectivity index (χ2v) is 19.8. The molecule has 14 aromatic rings. The summed E-state index contributed by atoms with van der Waals surface area (Å²) in [6.07, 6.45) is 0. The molecule has 0 amide bonds. The Labute approximate surface area is 422 Å². The number of benzene rings is 13. The van der Waals surface area contributed by atoms with E-state index >= 15 is 0 Å². The Morgan fingerprint density at radius 2 is 0.694 bits per heavy atom. The van der Waals surface area contributed by atoms with Gasteiger partial charge >= 0.3 is 0 Å². The minimum Gasteiger partial charge on any atom is -0.311 e. The Morgan fingerprint density at radius 3 is 1.35 bits per heavy atom. The van der Waals surface area contributed by atoms with Crippen LogP contribution >= 0.6 is 11.3 Å². The minimum atomic E-state index is 1.09. The summed E-state index contributed by atoms with van der Waals surface area (Å²) in [6.45, 7) is 0. The highest BCUT2D eigenvalue weighted by Crippen LogP contribution is 2.47. The first-order valence-electron chi connectivity index (χ1n) is 24.7. The van der Waals surface area contributed by atoms with E-state index in [0.29, 0.717) is 0 Å². The smallest absolute Gasteiger partial charge is 0.0462 e. The molecule has 0 radical (unpaired) electrons. The first kappa shape index (κ1) is 41.9. The molecule has 0 aliphatic rings. The van der Waals surface area contributed by atoms with Gasteiger partial charge < -0.3 is 4.90 Å². The van der Waals surface area contributed by atoms with E-state index < -0.39 is 0 Å². The predicted octanol–water partition coefficient (Wildman–Crippen LogP) is 20.5. The zero-order valence-electron chi connectivity index (χ0n) is 39.3. The molecule has 0 saturated carbocycles. The number of fused-ring (bicyclic) bond motifs is 9. The Kier molecular flexibility index (Phi) is 10.1. The van der Waals surface area contributed by atoms with Crippen molar-refractivity contribution in [1.82, 2.24) is 0 Å². The van der Waals surface area contributed by atoms with Gasteiger partial charge in [0.2, 0.25) is 0 Å². The van der Waals surface area contributed by atoms with Crippen LogP contribution in [0.25, 0.3) is 119 Å². The molecule has 0 N–H and O–H groups in total. The van der Waals surface area contributed by atoms with Crippen LogP contribution in [0.1, 0.15) is 0 Å². The van der Waals surface area contributed by atoms with Gasteiger partial charge in [-0.1, -0.05) is 218 Å². The molecule has 1 aromatic heterocycles.